The van der Waals surface area contributed by atoms with Gasteiger partial charge in [-0.1, -0.05) is 22.8 Å². The highest BCUT2D eigenvalue weighted by Gasteiger charge is 2.61. The van der Waals surface area contributed by atoms with E-state index in [0.29, 0.717) is 5.02 Å². The molecule has 0 radical (unpaired) electrons. The first-order valence-electron chi connectivity index (χ1n) is 10.4. The molecule has 0 amide bonds. The maximum absolute atomic E-state index is 15.3. The molecule has 1 fully saturated rings. The fraction of sp³-hybridized carbons (Fsp3) is 0.455. The van der Waals surface area contributed by atoms with Crippen molar-refractivity contribution in [1.29, 1.82) is 0 Å². The zero-order valence-electron chi connectivity index (χ0n) is 17.5. The first-order valence-corrected chi connectivity index (χ1v) is 13.8. The van der Waals surface area contributed by atoms with Crippen LogP contribution in [0.15, 0.2) is 41.3 Å². The van der Waals surface area contributed by atoms with Crippen molar-refractivity contribution in [1.82, 2.24) is 0 Å². The van der Waals surface area contributed by atoms with E-state index in [1.807, 2.05) is 0 Å². The van der Waals surface area contributed by atoms with Crippen LogP contribution >= 0.6 is 11.6 Å². The first-order chi connectivity index (χ1) is 15.7. The van der Waals surface area contributed by atoms with Gasteiger partial charge in [-0.15, -0.1) is 0 Å². The van der Waals surface area contributed by atoms with Gasteiger partial charge in [0.1, 0.15) is 22.1 Å². The summed E-state index contributed by atoms with van der Waals surface area (Å²) >= 11 is 4.61. The molecule has 0 aromatic heterocycles. The average molecular weight is 521 g/mol. The molecular formula is C22H23ClF2O6S2. The summed E-state index contributed by atoms with van der Waals surface area (Å²) < 4.78 is 79.9. The second-order valence-electron chi connectivity index (χ2n) is 8.02. The lowest BCUT2D eigenvalue weighted by atomic mass is 9.75. The van der Waals surface area contributed by atoms with Gasteiger partial charge in [-0.25, -0.2) is 17.2 Å². The van der Waals surface area contributed by atoms with Crippen molar-refractivity contribution >= 4 is 32.6 Å². The van der Waals surface area contributed by atoms with Gasteiger partial charge in [0.15, 0.2) is 21.4 Å². The molecule has 180 valence electrons. The number of aliphatic hydroxyl groups excluding tert-OH is 1. The van der Waals surface area contributed by atoms with Gasteiger partial charge in [0.05, 0.1) is 29.8 Å². The molecule has 0 saturated carbocycles. The summed E-state index contributed by atoms with van der Waals surface area (Å²) in [5.41, 5.74) is -0.335. The maximum Gasteiger partial charge on any atom is 0.189 e. The van der Waals surface area contributed by atoms with Gasteiger partial charge in [0, 0.05) is 24.0 Å². The van der Waals surface area contributed by atoms with Gasteiger partial charge < -0.3 is 19.1 Å². The fourth-order valence-corrected chi connectivity index (χ4v) is 8.16. The molecule has 2 aliphatic rings. The molecule has 6 nitrogen and oxygen atoms in total. The highest BCUT2D eigenvalue weighted by Crippen LogP contribution is 2.55. The third-order valence-corrected chi connectivity index (χ3v) is 10.4. The molecule has 33 heavy (non-hydrogen) atoms. The van der Waals surface area contributed by atoms with E-state index in [9.17, 15) is 17.4 Å². The Kier molecular flexibility index (Phi) is 7.24. The molecular weight excluding hydrogens is 498 g/mol. The number of sulfone groups is 1. The van der Waals surface area contributed by atoms with Gasteiger partial charge in [-0.2, -0.15) is 0 Å². The van der Waals surface area contributed by atoms with Gasteiger partial charge in [0.2, 0.25) is 0 Å². The van der Waals surface area contributed by atoms with Crippen molar-refractivity contribution in [2.75, 3.05) is 31.3 Å². The Morgan fingerprint density at radius 2 is 1.85 bits per heavy atom. The van der Waals surface area contributed by atoms with Crippen LogP contribution in [0.2, 0.25) is 5.02 Å². The molecule has 4 rings (SSSR count). The summed E-state index contributed by atoms with van der Waals surface area (Å²) in [4.78, 5) is -0.0714. The number of rotatable bonds is 7. The smallest absolute Gasteiger partial charge is 0.189 e. The normalized spacial score (nSPS) is 25.6. The van der Waals surface area contributed by atoms with Crippen LogP contribution in [0.3, 0.4) is 0 Å². The van der Waals surface area contributed by atoms with E-state index in [2.05, 4.69) is 0 Å². The number of hydrogen-bond acceptors (Lipinski definition) is 6. The van der Waals surface area contributed by atoms with E-state index in [0.717, 1.165) is 12.1 Å². The fourth-order valence-electron chi connectivity index (χ4n) is 4.79. The highest BCUT2D eigenvalue weighted by atomic mass is 35.5. The Morgan fingerprint density at radius 3 is 2.55 bits per heavy atom. The van der Waals surface area contributed by atoms with Gasteiger partial charge in [-0.05, 0) is 42.8 Å². The SMILES string of the molecule is O=S(=O)(c1ccc(Cl)cc1)[C@@]12CCO[C@@H](CC[S+]([O-])CCO)[C@@H]1COc1c(F)ccc(F)c12. The Bertz CT molecular complexity index is 1110. The largest absolute Gasteiger partial charge is 0.616 e. The zero-order chi connectivity index (χ0) is 23.8. The first kappa shape index (κ1) is 24.7. The lowest BCUT2D eigenvalue weighted by molar-refractivity contribution is -0.0732. The van der Waals surface area contributed by atoms with Crippen molar-refractivity contribution in [2.45, 2.75) is 28.6 Å². The number of fused-ring (bicyclic) bond motifs is 3. The average Bonchev–Trinajstić information content (AvgIpc) is 2.79. The molecule has 0 spiro atoms. The number of benzene rings is 2. The molecule has 0 bridgehead atoms. The highest BCUT2D eigenvalue weighted by molar-refractivity contribution is 7.92. The van der Waals surface area contributed by atoms with Crippen LogP contribution in [-0.4, -0.2) is 55.5 Å². The maximum atomic E-state index is 15.3. The summed E-state index contributed by atoms with van der Waals surface area (Å²) in [6, 6.07) is 7.35. The molecule has 11 heteroatoms. The topological polar surface area (TPSA) is 95.9 Å². The van der Waals surface area contributed by atoms with Gasteiger partial charge >= 0.3 is 0 Å². The summed E-state index contributed by atoms with van der Waals surface area (Å²) in [7, 11) is -4.28. The lowest BCUT2D eigenvalue weighted by Crippen LogP contribution is -2.57. The second-order valence-corrected chi connectivity index (χ2v) is 12.4. The van der Waals surface area contributed by atoms with Crippen LogP contribution in [0.25, 0.3) is 0 Å². The second kappa shape index (κ2) is 9.67. The van der Waals surface area contributed by atoms with E-state index < -0.39 is 55.2 Å². The van der Waals surface area contributed by atoms with E-state index in [-0.39, 0.29) is 54.6 Å². The van der Waals surface area contributed by atoms with Crippen molar-refractivity contribution in [2.24, 2.45) is 5.92 Å². The lowest BCUT2D eigenvalue weighted by Gasteiger charge is -2.50. The van der Waals surface area contributed by atoms with Crippen molar-refractivity contribution < 1.29 is 36.3 Å². The molecule has 1 saturated heterocycles. The summed E-state index contributed by atoms with van der Waals surface area (Å²) in [5.74, 6) is -2.75. The number of aliphatic hydroxyl groups is 1. The van der Waals surface area contributed by atoms with Crippen molar-refractivity contribution in [3.8, 4) is 5.75 Å². The zero-order valence-corrected chi connectivity index (χ0v) is 19.9. The van der Waals surface area contributed by atoms with E-state index in [1.165, 1.54) is 24.3 Å². The van der Waals surface area contributed by atoms with E-state index in [4.69, 9.17) is 26.2 Å². The van der Waals surface area contributed by atoms with Crippen molar-refractivity contribution in [3.05, 3.63) is 58.6 Å². The quantitative estimate of drug-likeness (QED) is 0.563. The van der Waals surface area contributed by atoms with Crippen LogP contribution in [0.5, 0.6) is 5.75 Å². The molecule has 2 aromatic rings. The summed E-state index contributed by atoms with van der Waals surface area (Å²) in [6.45, 7) is -0.467. The summed E-state index contributed by atoms with van der Waals surface area (Å²) in [6.07, 6.45) is -0.611. The Morgan fingerprint density at radius 1 is 1.15 bits per heavy atom. The minimum atomic E-state index is -4.28. The van der Waals surface area contributed by atoms with Crippen molar-refractivity contribution in [3.63, 3.8) is 0 Å². The predicted octanol–water partition coefficient (Wildman–Crippen LogP) is 3.22. The third kappa shape index (κ3) is 4.26. The van der Waals surface area contributed by atoms with Crippen LogP contribution in [-0.2, 0) is 30.5 Å². The van der Waals surface area contributed by atoms with Crippen LogP contribution in [0.4, 0.5) is 8.78 Å². The van der Waals surface area contributed by atoms with Crippen LogP contribution in [0.1, 0.15) is 18.4 Å². The Hall–Kier alpha value is -1.43. The summed E-state index contributed by atoms with van der Waals surface area (Å²) in [5, 5.41) is 9.35. The molecule has 0 aliphatic carbocycles. The van der Waals surface area contributed by atoms with E-state index in [1.54, 1.807) is 0 Å². The Labute approximate surface area is 199 Å². The monoisotopic (exact) mass is 520 g/mol. The van der Waals surface area contributed by atoms with Crippen LogP contribution < -0.4 is 4.74 Å². The predicted molar refractivity (Wildman–Crippen MR) is 120 cm³/mol. The minimum Gasteiger partial charge on any atom is -0.616 e. The Balaban J connectivity index is 1.86. The number of ether oxygens (including phenoxy) is 2. The molecule has 1 N–H and O–H groups in total. The molecule has 1 unspecified atom stereocenters. The van der Waals surface area contributed by atoms with Crippen LogP contribution in [0, 0.1) is 17.6 Å². The minimum absolute atomic E-state index is 0.0178. The van der Waals surface area contributed by atoms with Gasteiger partial charge in [0.25, 0.3) is 0 Å². The molecule has 2 heterocycles. The van der Waals surface area contributed by atoms with Gasteiger partial charge in [-0.3, -0.25) is 0 Å². The molecule has 2 aromatic carbocycles. The third-order valence-electron chi connectivity index (χ3n) is 6.29. The van der Waals surface area contributed by atoms with E-state index >= 15 is 4.39 Å². The molecule has 2 aliphatic heterocycles. The number of halogens is 3. The molecule has 4 atom stereocenters. The number of hydrogen-bond donors (Lipinski definition) is 1. The standard InChI is InChI=1S/C22H23ClF2O6S2/c23-14-1-3-15(4-2-14)33(28,29)22-8-10-30-19(7-11-32(27)12-9-26)16(22)13-31-21-18(25)6-5-17(24)20(21)22/h1-6,16,19,26H,7-13H2/t16-,19-,22-,32?/m0/s1.